The van der Waals surface area contributed by atoms with Crippen LogP contribution in [0.3, 0.4) is 0 Å². The van der Waals surface area contributed by atoms with Crippen molar-refractivity contribution >= 4 is 11.9 Å². The first-order valence-electron chi connectivity index (χ1n) is 6.72. The summed E-state index contributed by atoms with van der Waals surface area (Å²) >= 11 is 0. The fourth-order valence-electron chi connectivity index (χ4n) is 1.67. The summed E-state index contributed by atoms with van der Waals surface area (Å²) in [6.45, 7) is 8.22. The lowest BCUT2D eigenvalue weighted by atomic mass is 9.84. The largest absolute Gasteiger partial charge is 0.481 e. The van der Waals surface area contributed by atoms with Crippen molar-refractivity contribution in [3.63, 3.8) is 0 Å². The molecule has 0 aliphatic carbocycles. The molecule has 2 N–H and O–H groups in total. The van der Waals surface area contributed by atoms with Gasteiger partial charge in [0, 0.05) is 20.1 Å². The van der Waals surface area contributed by atoms with Crippen molar-refractivity contribution in [1.82, 2.24) is 5.32 Å². The molecule has 0 bridgehead atoms. The van der Waals surface area contributed by atoms with Crippen molar-refractivity contribution in [2.24, 2.45) is 5.41 Å². The molecular weight excluding hydrogens is 246 g/mol. The minimum atomic E-state index is -0.787. The van der Waals surface area contributed by atoms with Crippen LogP contribution in [-0.4, -0.2) is 36.2 Å². The molecule has 5 heteroatoms. The standard InChI is InChI=1S/C14H27NO4/c1-6-14(4,19-5)12(18)15-10-9-13(2,3)8-7-11(16)17/h6-10H2,1-5H3,(H,15,18)(H,16,17). The Morgan fingerprint density at radius 3 is 2.21 bits per heavy atom. The van der Waals surface area contributed by atoms with E-state index in [1.807, 2.05) is 20.8 Å². The van der Waals surface area contributed by atoms with Gasteiger partial charge in [-0.2, -0.15) is 0 Å². The summed E-state index contributed by atoms with van der Waals surface area (Å²) in [6, 6.07) is 0. The smallest absolute Gasteiger partial charge is 0.303 e. The van der Waals surface area contributed by atoms with Gasteiger partial charge in [-0.15, -0.1) is 0 Å². The van der Waals surface area contributed by atoms with E-state index in [4.69, 9.17) is 9.84 Å². The highest BCUT2D eigenvalue weighted by Crippen LogP contribution is 2.26. The highest BCUT2D eigenvalue weighted by molar-refractivity contribution is 5.84. The first-order valence-corrected chi connectivity index (χ1v) is 6.72. The molecule has 0 heterocycles. The van der Waals surface area contributed by atoms with Crippen molar-refractivity contribution in [3.05, 3.63) is 0 Å². The Labute approximate surface area is 115 Å². The Morgan fingerprint density at radius 1 is 1.21 bits per heavy atom. The number of rotatable bonds is 9. The molecule has 0 aromatic carbocycles. The zero-order valence-corrected chi connectivity index (χ0v) is 12.7. The molecule has 0 aromatic heterocycles. The fourth-order valence-corrected chi connectivity index (χ4v) is 1.67. The summed E-state index contributed by atoms with van der Waals surface area (Å²) in [5, 5.41) is 11.5. The van der Waals surface area contributed by atoms with Gasteiger partial charge in [-0.1, -0.05) is 20.8 Å². The molecular formula is C14H27NO4. The monoisotopic (exact) mass is 273 g/mol. The highest BCUT2D eigenvalue weighted by Gasteiger charge is 2.31. The van der Waals surface area contributed by atoms with E-state index < -0.39 is 11.6 Å². The lowest BCUT2D eigenvalue weighted by molar-refractivity contribution is -0.142. The molecule has 0 aliphatic rings. The summed E-state index contributed by atoms with van der Waals surface area (Å²) in [5.74, 6) is -0.901. The molecule has 1 atom stereocenters. The van der Waals surface area contributed by atoms with Gasteiger partial charge in [0.2, 0.25) is 0 Å². The van der Waals surface area contributed by atoms with Gasteiger partial charge in [0.25, 0.3) is 5.91 Å². The number of carbonyl (C=O) groups excluding carboxylic acids is 1. The van der Waals surface area contributed by atoms with E-state index in [0.29, 0.717) is 19.4 Å². The van der Waals surface area contributed by atoms with E-state index in [9.17, 15) is 9.59 Å². The van der Waals surface area contributed by atoms with Crippen LogP contribution >= 0.6 is 0 Å². The average Bonchev–Trinajstić information content (AvgIpc) is 2.35. The number of aliphatic carboxylic acids is 1. The Bertz CT molecular complexity index is 309. The van der Waals surface area contributed by atoms with Crippen molar-refractivity contribution in [2.45, 2.75) is 59.0 Å². The first kappa shape index (κ1) is 17.9. The fraction of sp³-hybridized carbons (Fsp3) is 0.857. The Hall–Kier alpha value is -1.10. The summed E-state index contributed by atoms with van der Waals surface area (Å²) in [7, 11) is 1.53. The van der Waals surface area contributed by atoms with Gasteiger partial charge in [0.1, 0.15) is 5.60 Å². The normalized spacial score (nSPS) is 14.8. The van der Waals surface area contributed by atoms with Gasteiger partial charge in [-0.3, -0.25) is 9.59 Å². The van der Waals surface area contributed by atoms with Crippen molar-refractivity contribution in [3.8, 4) is 0 Å². The van der Waals surface area contributed by atoms with Crippen LogP contribution in [0.1, 0.15) is 53.4 Å². The molecule has 0 saturated heterocycles. The van der Waals surface area contributed by atoms with Crippen molar-refractivity contribution < 1.29 is 19.4 Å². The number of hydrogen-bond donors (Lipinski definition) is 2. The second-order valence-electron chi connectivity index (χ2n) is 5.85. The summed E-state index contributed by atoms with van der Waals surface area (Å²) in [4.78, 5) is 22.5. The molecule has 0 radical (unpaired) electrons. The minimum Gasteiger partial charge on any atom is -0.481 e. The number of carbonyl (C=O) groups is 2. The molecule has 112 valence electrons. The van der Waals surface area contributed by atoms with Crippen LogP contribution in [0.2, 0.25) is 0 Å². The van der Waals surface area contributed by atoms with Gasteiger partial charge in [-0.25, -0.2) is 0 Å². The third-order valence-electron chi connectivity index (χ3n) is 3.71. The zero-order chi connectivity index (χ0) is 15.1. The second kappa shape index (κ2) is 7.48. The van der Waals surface area contributed by atoms with Crippen LogP contribution in [0, 0.1) is 5.41 Å². The Kier molecular flexibility index (Phi) is 7.05. The third-order valence-corrected chi connectivity index (χ3v) is 3.71. The first-order chi connectivity index (χ1) is 8.67. The quantitative estimate of drug-likeness (QED) is 0.675. The van der Waals surface area contributed by atoms with E-state index in [-0.39, 0.29) is 17.7 Å². The number of carboxylic acid groups (broad SMARTS) is 1. The zero-order valence-electron chi connectivity index (χ0n) is 12.7. The van der Waals surface area contributed by atoms with Crippen molar-refractivity contribution in [1.29, 1.82) is 0 Å². The number of carboxylic acids is 1. The Balaban J connectivity index is 4.14. The number of amides is 1. The number of nitrogens with one attached hydrogen (secondary N) is 1. The predicted molar refractivity (Wildman–Crippen MR) is 74.0 cm³/mol. The number of hydrogen-bond acceptors (Lipinski definition) is 3. The number of ether oxygens (including phenoxy) is 1. The van der Waals surface area contributed by atoms with Crippen LogP contribution < -0.4 is 5.32 Å². The molecule has 0 aliphatic heterocycles. The van der Waals surface area contributed by atoms with Crippen LogP contribution in [0.4, 0.5) is 0 Å². The molecule has 0 saturated carbocycles. The van der Waals surface area contributed by atoms with Crippen molar-refractivity contribution in [2.75, 3.05) is 13.7 Å². The van der Waals surface area contributed by atoms with Crippen LogP contribution in [0.25, 0.3) is 0 Å². The van der Waals surface area contributed by atoms with E-state index in [0.717, 1.165) is 6.42 Å². The average molecular weight is 273 g/mol. The predicted octanol–water partition coefficient (Wildman–Crippen LogP) is 2.20. The topological polar surface area (TPSA) is 75.6 Å². The molecule has 0 aromatic rings. The van der Waals surface area contributed by atoms with Crippen LogP contribution in [-0.2, 0) is 14.3 Å². The minimum absolute atomic E-state index is 0.0959. The second-order valence-corrected chi connectivity index (χ2v) is 5.85. The SMILES string of the molecule is CCC(C)(OC)C(=O)NCCC(C)(C)CCC(=O)O. The van der Waals surface area contributed by atoms with Gasteiger partial charge in [-0.05, 0) is 31.6 Å². The maximum atomic E-state index is 11.9. The van der Waals surface area contributed by atoms with E-state index in [2.05, 4.69) is 5.32 Å². The van der Waals surface area contributed by atoms with Crippen LogP contribution in [0.5, 0.6) is 0 Å². The third kappa shape index (κ3) is 6.57. The van der Waals surface area contributed by atoms with Gasteiger partial charge in [0.15, 0.2) is 0 Å². The van der Waals surface area contributed by atoms with E-state index in [1.165, 1.54) is 7.11 Å². The lowest BCUT2D eigenvalue weighted by Gasteiger charge is -2.27. The van der Waals surface area contributed by atoms with E-state index >= 15 is 0 Å². The maximum absolute atomic E-state index is 11.9. The van der Waals surface area contributed by atoms with Crippen LogP contribution in [0.15, 0.2) is 0 Å². The van der Waals surface area contributed by atoms with Gasteiger partial charge in [0.05, 0.1) is 0 Å². The molecule has 1 amide bonds. The molecule has 0 spiro atoms. The Morgan fingerprint density at radius 2 is 1.79 bits per heavy atom. The lowest BCUT2D eigenvalue weighted by Crippen LogP contribution is -2.46. The highest BCUT2D eigenvalue weighted by atomic mass is 16.5. The molecule has 0 rings (SSSR count). The number of methoxy groups -OCH3 is 1. The van der Waals surface area contributed by atoms with Gasteiger partial charge >= 0.3 is 5.97 Å². The molecule has 19 heavy (non-hydrogen) atoms. The van der Waals surface area contributed by atoms with E-state index in [1.54, 1.807) is 6.92 Å². The maximum Gasteiger partial charge on any atom is 0.303 e. The molecule has 0 fully saturated rings. The summed E-state index contributed by atoms with van der Waals surface area (Å²) in [5.41, 5.74) is -0.882. The molecule has 5 nitrogen and oxygen atoms in total. The molecule has 1 unspecified atom stereocenters. The summed E-state index contributed by atoms with van der Waals surface area (Å²) in [6.07, 6.45) is 2.12. The summed E-state index contributed by atoms with van der Waals surface area (Å²) < 4.78 is 5.22. The van der Waals surface area contributed by atoms with Gasteiger partial charge < -0.3 is 15.2 Å².